The average molecular weight is 441 g/mol. The summed E-state index contributed by atoms with van der Waals surface area (Å²) < 4.78 is 191. The summed E-state index contributed by atoms with van der Waals surface area (Å²) in [7, 11) is 0. The Morgan fingerprint density at radius 2 is 0.889 bits per heavy atom. The minimum Gasteiger partial charge on any atom is -0.351 e. The predicted octanol–water partition coefficient (Wildman–Crippen LogP) is 4.50. The van der Waals surface area contributed by atoms with Gasteiger partial charge >= 0.3 is 41.7 Å². The Kier molecular flexibility index (Phi) is 6.11. The van der Waals surface area contributed by atoms with Crippen molar-refractivity contribution in [1.82, 2.24) is 5.32 Å². The van der Waals surface area contributed by atoms with E-state index < -0.39 is 54.2 Å². The molecule has 0 aliphatic heterocycles. The lowest BCUT2D eigenvalue weighted by atomic mass is 9.91. The molecule has 0 radical (unpaired) electrons. The van der Waals surface area contributed by atoms with Crippen LogP contribution in [0.3, 0.4) is 0 Å². The van der Waals surface area contributed by atoms with E-state index in [1.54, 1.807) is 0 Å². The largest absolute Gasteiger partial charge is 0.460 e. The van der Waals surface area contributed by atoms with Gasteiger partial charge in [0.1, 0.15) is 0 Å². The van der Waals surface area contributed by atoms with Gasteiger partial charge in [0.25, 0.3) is 5.91 Å². The van der Waals surface area contributed by atoms with Gasteiger partial charge in [-0.3, -0.25) is 4.79 Å². The maximum Gasteiger partial charge on any atom is 0.460 e. The molecule has 0 aliphatic rings. The van der Waals surface area contributed by atoms with E-state index in [0.29, 0.717) is 0 Å². The van der Waals surface area contributed by atoms with E-state index in [4.69, 9.17) is 0 Å². The van der Waals surface area contributed by atoms with Crippen LogP contribution in [0.15, 0.2) is 0 Å². The lowest BCUT2D eigenvalue weighted by molar-refractivity contribution is -0.449. The zero-order chi connectivity index (χ0) is 22.5. The third-order valence-electron chi connectivity index (χ3n) is 2.95. The van der Waals surface area contributed by atoms with Crippen molar-refractivity contribution < 1.29 is 70.7 Å². The summed E-state index contributed by atoms with van der Waals surface area (Å²) in [5.74, 6) is -51.1. The van der Waals surface area contributed by atoms with E-state index in [0.717, 1.165) is 12.2 Å². The quantitative estimate of drug-likeness (QED) is 0.580. The van der Waals surface area contributed by atoms with Gasteiger partial charge in [0.2, 0.25) is 0 Å². The summed E-state index contributed by atoms with van der Waals surface area (Å²) in [5, 5.41) is 0.746. The van der Waals surface area contributed by atoms with Gasteiger partial charge in [0, 0.05) is 6.54 Å². The molecule has 0 rings (SSSR count). The molecule has 0 saturated carbocycles. The maximum absolute atomic E-state index is 13.2. The lowest BCUT2D eigenvalue weighted by Crippen LogP contribution is -2.74. The van der Waals surface area contributed by atoms with E-state index in [1.165, 1.54) is 0 Å². The maximum atomic E-state index is 13.2. The highest BCUT2D eigenvalue weighted by molar-refractivity contribution is 5.84. The fourth-order valence-corrected chi connectivity index (χ4v) is 1.38. The van der Waals surface area contributed by atoms with Crippen molar-refractivity contribution in [3.8, 4) is 0 Å². The average Bonchev–Trinajstić information content (AvgIpc) is 2.45. The van der Waals surface area contributed by atoms with Crippen LogP contribution in [0.1, 0.15) is 6.92 Å². The number of hydrogen-bond acceptors (Lipinski definition) is 1. The molecular formula is C10H6F15NO. The Morgan fingerprint density at radius 1 is 0.593 bits per heavy atom. The zero-order valence-electron chi connectivity index (χ0n) is 12.3. The van der Waals surface area contributed by atoms with Crippen LogP contribution >= 0.6 is 0 Å². The molecule has 0 spiro atoms. The van der Waals surface area contributed by atoms with Crippen LogP contribution in [-0.4, -0.2) is 54.2 Å². The molecule has 0 aromatic rings. The van der Waals surface area contributed by atoms with Gasteiger partial charge in [0.05, 0.1) is 0 Å². The van der Waals surface area contributed by atoms with Gasteiger partial charge in [0.15, 0.2) is 0 Å². The van der Waals surface area contributed by atoms with Gasteiger partial charge < -0.3 is 5.32 Å². The fraction of sp³-hybridized carbons (Fsp3) is 0.900. The van der Waals surface area contributed by atoms with Crippen LogP contribution in [0.2, 0.25) is 0 Å². The number of amides is 1. The first-order chi connectivity index (χ1) is 11.5. The normalized spacial score (nSPS) is 15.7. The molecule has 1 amide bonds. The van der Waals surface area contributed by atoms with E-state index in [-0.39, 0.29) is 0 Å². The van der Waals surface area contributed by atoms with E-state index in [2.05, 4.69) is 0 Å². The van der Waals surface area contributed by atoms with E-state index in [1.807, 2.05) is 0 Å². The van der Waals surface area contributed by atoms with Crippen molar-refractivity contribution in [3.05, 3.63) is 0 Å². The predicted molar refractivity (Wildman–Crippen MR) is 54.4 cm³/mol. The van der Waals surface area contributed by atoms with Crippen molar-refractivity contribution in [2.45, 2.75) is 48.6 Å². The fourth-order valence-electron chi connectivity index (χ4n) is 1.38. The highest BCUT2D eigenvalue weighted by Gasteiger charge is 2.94. The van der Waals surface area contributed by atoms with Crippen molar-refractivity contribution in [2.75, 3.05) is 6.54 Å². The first-order valence-corrected chi connectivity index (χ1v) is 6.10. The number of carbonyl (C=O) groups excluding carboxylic acids is 1. The molecular weight excluding hydrogens is 435 g/mol. The molecule has 0 heterocycles. The molecule has 0 aliphatic carbocycles. The SMILES string of the molecule is CCNC(=O)C(F)(F)C(F)(F)C(F)(F)C(F)(F)C(F)(F)C(F)(F)C(F)(F)F. The van der Waals surface area contributed by atoms with Crippen LogP contribution < -0.4 is 5.32 Å². The van der Waals surface area contributed by atoms with Gasteiger partial charge in [-0.2, -0.15) is 65.9 Å². The van der Waals surface area contributed by atoms with Crippen LogP contribution in [0.4, 0.5) is 65.9 Å². The summed E-state index contributed by atoms with van der Waals surface area (Å²) in [6.07, 6.45) is -7.66. The Hall–Kier alpha value is -1.58. The van der Waals surface area contributed by atoms with Crippen molar-refractivity contribution in [3.63, 3.8) is 0 Å². The molecule has 0 unspecified atom stereocenters. The highest BCUT2D eigenvalue weighted by Crippen LogP contribution is 2.62. The monoisotopic (exact) mass is 441 g/mol. The zero-order valence-corrected chi connectivity index (χ0v) is 12.3. The number of nitrogens with one attached hydrogen (secondary N) is 1. The second-order valence-corrected chi connectivity index (χ2v) is 4.80. The van der Waals surface area contributed by atoms with E-state index in [9.17, 15) is 70.7 Å². The third kappa shape index (κ3) is 3.25. The number of hydrogen-bond donors (Lipinski definition) is 1. The molecule has 0 aromatic heterocycles. The molecule has 27 heavy (non-hydrogen) atoms. The Balaban J connectivity index is 6.51. The molecule has 0 atom stereocenters. The van der Waals surface area contributed by atoms with Crippen molar-refractivity contribution in [2.24, 2.45) is 0 Å². The van der Waals surface area contributed by atoms with Gasteiger partial charge in [-0.1, -0.05) is 0 Å². The minimum absolute atomic E-state index is 0.733. The second-order valence-electron chi connectivity index (χ2n) is 4.80. The first kappa shape index (κ1) is 25.4. The number of carbonyl (C=O) groups is 1. The number of rotatable bonds is 7. The summed E-state index contributed by atoms with van der Waals surface area (Å²) in [6.45, 7) is -0.258. The Morgan fingerprint density at radius 3 is 1.19 bits per heavy atom. The first-order valence-electron chi connectivity index (χ1n) is 6.10. The molecule has 17 heteroatoms. The van der Waals surface area contributed by atoms with Gasteiger partial charge in [-0.15, -0.1) is 0 Å². The van der Waals surface area contributed by atoms with E-state index >= 15 is 0 Å². The molecule has 0 fully saturated rings. The highest BCUT2D eigenvalue weighted by atomic mass is 19.4. The van der Waals surface area contributed by atoms with Crippen LogP contribution in [0.5, 0.6) is 0 Å². The smallest absolute Gasteiger partial charge is 0.351 e. The summed E-state index contributed by atoms with van der Waals surface area (Å²) in [6, 6.07) is 0. The topological polar surface area (TPSA) is 29.1 Å². The van der Waals surface area contributed by atoms with Crippen LogP contribution in [-0.2, 0) is 4.79 Å². The Labute approximate surface area is 138 Å². The molecule has 0 aromatic carbocycles. The summed E-state index contributed by atoms with van der Waals surface area (Å²) in [4.78, 5) is 10.7. The molecule has 0 saturated heterocycles. The van der Waals surface area contributed by atoms with Crippen molar-refractivity contribution in [1.29, 1.82) is 0 Å². The summed E-state index contributed by atoms with van der Waals surface area (Å²) in [5.41, 5.74) is 0. The number of halogens is 15. The van der Waals surface area contributed by atoms with Gasteiger partial charge in [-0.25, -0.2) is 0 Å². The second kappa shape index (κ2) is 6.49. The molecule has 162 valence electrons. The summed E-state index contributed by atoms with van der Waals surface area (Å²) >= 11 is 0. The molecule has 2 nitrogen and oxygen atoms in total. The van der Waals surface area contributed by atoms with Crippen molar-refractivity contribution >= 4 is 5.91 Å². The lowest BCUT2D eigenvalue weighted by Gasteiger charge is -2.41. The standard InChI is InChI=1S/C10H6F15NO/c1-2-26-3(27)4(11,12)5(13,14)6(15,16)7(17,18)8(19,20)9(21,22)10(23,24)25/h2H2,1H3,(H,26,27). The van der Waals surface area contributed by atoms with Crippen LogP contribution in [0.25, 0.3) is 0 Å². The van der Waals surface area contributed by atoms with Gasteiger partial charge in [-0.05, 0) is 6.92 Å². The van der Waals surface area contributed by atoms with Crippen LogP contribution in [0, 0.1) is 0 Å². The molecule has 0 bridgehead atoms. The third-order valence-corrected chi connectivity index (χ3v) is 2.95. The number of alkyl halides is 15. The molecule has 1 N–H and O–H groups in total. The Bertz CT molecular complexity index is 563. The minimum atomic E-state index is -8.39.